The highest BCUT2D eigenvalue weighted by Gasteiger charge is 2.51. The normalized spacial score (nSPS) is 39.4. The fourth-order valence-corrected chi connectivity index (χ4v) is 4.11. The van der Waals surface area contributed by atoms with E-state index in [0.717, 1.165) is 39.5 Å². The van der Waals surface area contributed by atoms with Crippen LogP contribution in [0.1, 0.15) is 189 Å². The van der Waals surface area contributed by atoms with Crippen molar-refractivity contribution in [1.29, 1.82) is 0 Å². The van der Waals surface area contributed by atoms with Crippen molar-refractivity contribution >= 4 is 0 Å². The molecule has 3 rings (SSSR count). The molecule has 0 bridgehead atoms. The lowest BCUT2D eigenvalue weighted by Gasteiger charge is -2.37. The molecule has 0 N–H and O–H groups in total. The standard InChI is InChI=1S/C9H15F3.C8H15F.C8H16.C6H11F3.C6H14/c1-7-3-5-8(2,6-4-7)9(10,11)12;1-7-3-5-8(2,9)6-4-7;1-7-3-5-8(2)6-4-7;1-4-5(2,3)6(7,8)9;1-5-6(2,3)4/h7H,3-6H2,1-2H3;7H,3-6H2,1-2H3;7-8H,3-6H2,1-2H3;4H2,1-3H3;5H2,1-4H3/i3*7D;4D2;5D2. The van der Waals surface area contributed by atoms with Gasteiger partial charge < -0.3 is 0 Å². The second-order valence-corrected chi connectivity index (χ2v) is 15.4. The van der Waals surface area contributed by atoms with Crippen LogP contribution in [0.15, 0.2) is 0 Å². The van der Waals surface area contributed by atoms with Crippen LogP contribution < -0.4 is 0 Å². The van der Waals surface area contributed by atoms with Gasteiger partial charge in [-0.3, -0.25) is 0 Å². The predicted molar refractivity (Wildman–Crippen MR) is 176 cm³/mol. The molecule has 0 aromatic rings. The molecule has 44 heavy (non-hydrogen) atoms. The fourth-order valence-electron chi connectivity index (χ4n) is 4.11. The zero-order valence-electron chi connectivity index (χ0n) is 37.2. The Balaban J connectivity index is 0. The van der Waals surface area contributed by atoms with Gasteiger partial charge >= 0.3 is 12.4 Å². The molecular weight excluding hydrogens is 577 g/mol. The zero-order chi connectivity index (χ0) is 41.6. The molecule has 0 aromatic carbocycles. The van der Waals surface area contributed by atoms with Crippen LogP contribution in [-0.2, 0) is 0 Å². The van der Waals surface area contributed by atoms with E-state index in [-0.39, 0.29) is 30.0 Å². The van der Waals surface area contributed by atoms with Gasteiger partial charge in [-0.05, 0) is 93.7 Å². The summed E-state index contributed by atoms with van der Waals surface area (Å²) in [6.45, 7) is 20.8. The minimum atomic E-state index is -4.49. The van der Waals surface area contributed by atoms with E-state index in [4.69, 9.17) is 9.60 Å². The van der Waals surface area contributed by atoms with E-state index in [1.807, 2.05) is 27.7 Å². The first kappa shape index (κ1) is 33.4. The molecule has 3 fully saturated rings. The summed E-state index contributed by atoms with van der Waals surface area (Å²) in [5, 5.41) is 0. The number of halogens is 7. The average Bonchev–Trinajstić information content (AvgIpc) is 2.88. The largest absolute Gasteiger partial charge is 0.394 e. The Labute approximate surface area is 278 Å². The van der Waals surface area contributed by atoms with E-state index in [2.05, 4.69) is 13.8 Å². The summed E-state index contributed by atoms with van der Waals surface area (Å²) >= 11 is 0. The molecule has 0 amide bonds. The van der Waals surface area contributed by atoms with Crippen molar-refractivity contribution in [2.45, 2.75) is 198 Å². The maximum atomic E-state index is 13.1. The van der Waals surface area contributed by atoms with Crippen LogP contribution in [0.2, 0.25) is 0 Å². The molecule has 0 saturated heterocycles. The maximum Gasteiger partial charge on any atom is 0.394 e. The number of alkyl halides is 7. The van der Waals surface area contributed by atoms with E-state index in [9.17, 15) is 30.7 Å². The molecule has 0 radical (unpaired) electrons. The summed E-state index contributed by atoms with van der Waals surface area (Å²) in [6, 6.07) is 0. The van der Waals surface area contributed by atoms with Gasteiger partial charge in [0.25, 0.3) is 0 Å². The van der Waals surface area contributed by atoms with Gasteiger partial charge in [-0.1, -0.05) is 115 Å². The summed E-state index contributed by atoms with van der Waals surface area (Å²) in [5.41, 5.74) is -5.05. The highest BCUT2D eigenvalue weighted by molar-refractivity contribution is 4.86. The number of hydrogen-bond acceptors (Lipinski definition) is 0. The van der Waals surface area contributed by atoms with Gasteiger partial charge in [0, 0.05) is 9.60 Å². The molecule has 0 nitrogen and oxygen atoms in total. The Hall–Kier alpha value is -0.490. The van der Waals surface area contributed by atoms with Gasteiger partial charge in [0.1, 0.15) is 5.67 Å². The van der Waals surface area contributed by atoms with Gasteiger partial charge in [0.2, 0.25) is 0 Å². The molecule has 0 heterocycles. The van der Waals surface area contributed by atoms with Crippen molar-refractivity contribution in [3.63, 3.8) is 0 Å². The Bertz CT molecular complexity index is 939. The first-order chi connectivity index (χ1) is 21.9. The molecule has 7 heteroatoms. The van der Waals surface area contributed by atoms with Crippen molar-refractivity contribution < 1.29 is 40.3 Å². The molecule has 0 spiro atoms. The Morgan fingerprint density at radius 1 is 0.614 bits per heavy atom. The lowest BCUT2D eigenvalue weighted by molar-refractivity contribution is -0.229. The third-order valence-electron chi connectivity index (χ3n) is 9.25. The van der Waals surface area contributed by atoms with Gasteiger partial charge in [0.15, 0.2) is 0 Å². The summed E-state index contributed by atoms with van der Waals surface area (Å²) in [5.74, 6) is -0.216. The predicted octanol–water partition coefficient (Wildman–Crippen LogP) is 14.9. The van der Waals surface area contributed by atoms with Gasteiger partial charge in [-0.2, -0.15) is 26.3 Å². The van der Waals surface area contributed by atoms with Crippen molar-refractivity contribution in [1.82, 2.24) is 0 Å². The summed E-state index contributed by atoms with van der Waals surface area (Å²) < 4.78 is 138. The van der Waals surface area contributed by atoms with Crippen LogP contribution in [0, 0.1) is 39.8 Å². The topological polar surface area (TPSA) is 0 Å². The Morgan fingerprint density at radius 3 is 1.14 bits per heavy atom. The molecule has 0 unspecified atom stereocenters. The van der Waals surface area contributed by atoms with Crippen LogP contribution in [0.25, 0.3) is 0 Å². The average molecular weight is 656 g/mol. The number of rotatable bonds is 1. The smallest absolute Gasteiger partial charge is 0.244 e. The number of hydrogen-bond donors (Lipinski definition) is 0. The third kappa shape index (κ3) is 20.6. The first-order valence-electron chi connectivity index (χ1n) is 19.8. The third-order valence-corrected chi connectivity index (χ3v) is 9.25. The van der Waals surface area contributed by atoms with Crippen LogP contribution in [-0.4, -0.2) is 18.0 Å². The molecule has 268 valence electrons. The van der Waals surface area contributed by atoms with E-state index in [1.165, 1.54) is 19.8 Å². The molecule has 3 aliphatic rings. The van der Waals surface area contributed by atoms with Crippen molar-refractivity contribution in [3.05, 3.63) is 0 Å². The molecule has 3 aliphatic carbocycles. The molecular formula is C37H71F7. The molecule has 3 saturated carbocycles. The van der Waals surface area contributed by atoms with Crippen molar-refractivity contribution in [2.75, 3.05) is 0 Å². The van der Waals surface area contributed by atoms with Crippen molar-refractivity contribution in [2.24, 2.45) is 39.8 Å². The lowest BCUT2D eigenvalue weighted by Crippen LogP contribution is -2.38. The zero-order valence-corrected chi connectivity index (χ0v) is 30.2. The minimum Gasteiger partial charge on any atom is -0.244 e. The quantitative estimate of drug-likeness (QED) is 0.247. The summed E-state index contributed by atoms with van der Waals surface area (Å²) in [7, 11) is 0. The second kappa shape index (κ2) is 19.4. The molecule has 0 aliphatic heterocycles. The van der Waals surface area contributed by atoms with Crippen LogP contribution in [0.3, 0.4) is 0 Å². The Kier molecular flexibility index (Phi) is 14.7. The highest BCUT2D eigenvalue weighted by atomic mass is 19.4. The SMILES string of the molecule is [2H]C([2H])(C)C(C)(C)C.[2H]C([2H])(C)C(C)(C)C(F)(F)F.[2H]C1(C)CCC(C)(C(F)(F)F)CC1.[2H]C1(C)CCC(C)(F)CC1.[2H]C1(C)CCC(C)CC1. The molecule has 0 atom stereocenters. The second-order valence-electron chi connectivity index (χ2n) is 15.4. The molecule has 0 aromatic heterocycles. The van der Waals surface area contributed by atoms with Crippen molar-refractivity contribution in [3.8, 4) is 0 Å². The van der Waals surface area contributed by atoms with E-state index < -0.39 is 47.5 Å². The first-order valence-corrected chi connectivity index (χ1v) is 16.3. The summed E-state index contributed by atoms with van der Waals surface area (Å²) in [4.78, 5) is 0. The van der Waals surface area contributed by atoms with E-state index in [1.54, 1.807) is 20.8 Å². The van der Waals surface area contributed by atoms with Crippen LogP contribution in [0.5, 0.6) is 0 Å². The monoisotopic (exact) mass is 656 g/mol. The van der Waals surface area contributed by atoms with Gasteiger partial charge in [0.05, 0.1) is 10.8 Å². The van der Waals surface area contributed by atoms with E-state index >= 15 is 0 Å². The van der Waals surface area contributed by atoms with Crippen LogP contribution in [0.4, 0.5) is 30.7 Å². The van der Waals surface area contributed by atoms with Gasteiger partial charge in [-0.15, -0.1) is 0 Å². The van der Waals surface area contributed by atoms with Gasteiger partial charge in [-0.25, -0.2) is 4.39 Å². The maximum absolute atomic E-state index is 13.1. The fraction of sp³-hybridized carbons (Fsp3) is 1.00. The summed E-state index contributed by atoms with van der Waals surface area (Å²) in [6.07, 6.45) is -3.74. The Morgan fingerprint density at radius 2 is 0.932 bits per heavy atom. The highest BCUT2D eigenvalue weighted by Crippen LogP contribution is 2.49. The van der Waals surface area contributed by atoms with Crippen LogP contribution >= 0.6 is 0 Å². The minimum absolute atomic E-state index is 0.0908. The lowest BCUT2D eigenvalue weighted by atomic mass is 9.72. The van der Waals surface area contributed by atoms with E-state index in [0.29, 0.717) is 38.5 Å².